The van der Waals surface area contributed by atoms with Gasteiger partial charge in [0.15, 0.2) is 0 Å². The summed E-state index contributed by atoms with van der Waals surface area (Å²) in [6.07, 6.45) is 1.08. The fraction of sp³-hybridized carbons (Fsp3) is 0.412. The van der Waals surface area contributed by atoms with E-state index in [4.69, 9.17) is 4.74 Å². The van der Waals surface area contributed by atoms with Crippen LogP contribution in [0, 0.1) is 0 Å². The van der Waals surface area contributed by atoms with Gasteiger partial charge in [-0.2, -0.15) is 0 Å². The molecular formula is C17H24N2OS. The minimum absolute atomic E-state index is 0.117. The highest BCUT2D eigenvalue weighted by molar-refractivity contribution is 7.10. The second-order valence-corrected chi connectivity index (χ2v) is 5.92. The Labute approximate surface area is 131 Å². The monoisotopic (exact) mass is 304 g/mol. The second kappa shape index (κ2) is 8.82. The first-order valence-electron chi connectivity index (χ1n) is 7.47. The van der Waals surface area contributed by atoms with E-state index in [1.165, 1.54) is 10.4 Å². The van der Waals surface area contributed by atoms with Gasteiger partial charge in [-0.05, 0) is 49.3 Å². The standard InChI is InChI=1S/C17H24N2OS/c1-3-19-13-14-6-4-7-15(12-14)20-16(9-10-18-2)17-8-5-11-21-17/h4-8,11-12,16,18-19H,3,9-10,13H2,1-2H3. The molecule has 3 nitrogen and oxygen atoms in total. The average Bonchev–Trinajstić information content (AvgIpc) is 3.04. The average molecular weight is 304 g/mol. The normalized spacial score (nSPS) is 12.3. The third-order valence-electron chi connectivity index (χ3n) is 3.27. The zero-order valence-corrected chi connectivity index (χ0v) is 13.6. The lowest BCUT2D eigenvalue weighted by atomic mass is 10.2. The summed E-state index contributed by atoms with van der Waals surface area (Å²) in [5, 5.41) is 8.65. The van der Waals surface area contributed by atoms with Crippen LogP contribution in [-0.4, -0.2) is 20.1 Å². The summed E-state index contributed by atoms with van der Waals surface area (Å²) in [6.45, 7) is 4.92. The lowest BCUT2D eigenvalue weighted by molar-refractivity contribution is 0.198. The Bertz CT molecular complexity index is 513. The summed E-state index contributed by atoms with van der Waals surface area (Å²) in [7, 11) is 1.97. The molecule has 1 unspecified atom stereocenters. The molecule has 0 spiro atoms. The van der Waals surface area contributed by atoms with Crippen molar-refractivity contribution in [1.82, 2.24) is 10.6 Å². The number of hydrogen-bond acceptors (Lipinski definition) is 4. The molecule has 0 bridgehead atoms. The zero-order chi connectivity index (χ0) is 14.9. The van der Waals surface area contributed by atoms with E-state index in [1.54, 1.807) is 11.3 Å². The number of thiophene rings is 1. The first-order valence-corrected chi connectivity index (χ1v) is 8.35. The third-order valence-corrected chi connectivity index (χ3v) is 4.24. The Morgan fingerprint density at radius 3 is 2.86 bits per heavy atom. The molecule has 0 saturated carbocycles. The predicted octanol–water partition coefficient (Wildman–Crippen LogP) is 3.59. The molecule has 2 N–H and O–H groups in total. The molecule has 1 atom stereocenters. The number of nitrogens with one attached hydrogen (secondary N) is 2. The highest BCUT2D eigenvalue weighted by Crippen LogP contribution is 2.28. The topological polar surface area (TPSA) is 33.3 Å². The number of rotatable bonds is 9. The van der Waals surface area contributed by atoms with Crippen molar-refractivity contribution in [1.29, 1.82) is 0 Å². The van der Waals surface area contributed by atoms with E-state index in [-0.39, 0.29) is 6.10 Å². The molecule has 0 aliphatic heterocycles. The molecule has 1 heterocycles. The van der Waals surface area contributed by atoms with Gasteiger partial charge in [0.2, 0.25) is 0 Å². The summed E-state index contributed by atoms with van der Waals surface area (Å²) in [6, 6.07) is 12.6. The van der Waals surface area contributed by atoms with Gasteiger partial charge in [0.1, 0.15) is 11.9 Å². The van der Waals surface area contributed by atoms with E-state index in [0.29, 0.717) is 0 Å². The van der Waals surface area contributed by atoms with Gasteiger partial charge in [-0.25, -0.2) is 0 Å². The largest absolute Gasteiger partial charge is 0.485 e. The van der Waals surface area contributed by atoms with E-state index >= 15 is 0 Å². The SMILES string of the molecule is CCNCc1cccc(OC(CCNC)c2cccs2)c1. The number of ether oxygens (including phenoxy) is 1. The highest BCUT2D eigenvalue weighted by Gasteiger charge is 2.14. The van der Waals surface area contributed by atoms with Crippen LogP contribution in [0.4, 0.5) is 0 Å². The molecule has 0 aliphatic carbocycles. The van der Waals surface area contributed by atoms with Gasteiger partial charge in [-0.15, -0.1) is 11.3 Å². The maximum atomic E-state index is 6.22. The molecular weight excluding hydrogens is 280 g/mol. The summed E-state index contributed by atoms with van der Waals surface area (Å²) in [5.41, 5.74) is 1.26. The molecule has 0 amide bonds. The van der Waals surface area contributed by atoms with Gasteiger partial charge in [-0.1, -0.05) is 25.1 Å². The van der Waals surface area contributed by atoms with E-state index in [1.807, 2.05) is 13.1 Å². The first-order chi connectivity index (χ1) is 10.3. The summed E-state index contributed by atoms with van der Waals surface area (Å²) in [4.78, 5) is 1.28. The predicted molar refractivity (Wildman–Crippen MR) is 90.1 cm³/mol. The van der Waals surface area contributed by atoms with Gasteiger partial charge in [0.05, 0.1) is 0 Å². The fourth-order valence-electron chi connectivity index (χ4n) is 2.17. The zero-order valence-electron chi connectivity index (χ0n) is 12.8. The van der Waals surface area contributed by atoms with Crippen LogP contribution in [0.3, 0.4) is 0 Å². The molecule has 1 aromatic carbocycles. The molecule has 0 fully saturated rings. The Kier molecular flexibility index (Phi) is 6.73. The van der Waals surface area contributed by atoms with E-state index in [0.717, 1.165) is 31.8 Å². The molecule has 4 heteroatoms. The van der Waals surface area contributed by atoms with Crippen LogP contribution in [0.2, 0.25) is 0 Å². The Balaban J connectivity index is 2.05. The van der Waals surface area contributed by atoms with Crippen molar-refractivity contribution in [3.63, 3.8) is 0 Å². The quantitative estimate of drug-likeness (QED) is 0.743. The van der Waals surface area contributed by atoms with E-state index in [2.05, 4.69) is 53.3 Å². The summed E-state index contributed by atoms with van der Waals surface area (Å²) in [5.74, 6) is 0.944. The molecule has 0 radical (unpaired) electrons. The summed E-state index contributed by atoms with van der Waals surface area (Å²) < 4.78 is 6.22. The van der Waals surface area contributed by atoms with Crippen LogP contribution in [0.1, 0.15) is 29.9 Å². The first kappa shape index (κ1) is 16.0. The molecule has 21 heavy (non-hydrogen) atoms. The second-order valence-electron chi connectivity index (χ2n) is 4.94. The van der Waals surface area contributed by atoms with Gasteiger partial charge in [-0.3, -0.25) is 0 Å². The van der Waals surface area contributed by atoms with Gasteiger partial charge in [0.25, 0.3) is 0 Å². The molecule has 0 saturated heterocycles. The van der Waals surface area contributed by atoms with Crippen molar-refractivity contribution in [3.05, 3.63) is 52.2 Å². The highest BCUT2D eigenvalue weighted by atomic mass is 32.1. The maximum Gasteiger partial charge on any atom is 0.134 e. The number of hydrogen-bond donors (Lipinski definition) is 2. The molecule has 2 aromatic rings. The van der Waals surface area contributed by atoms with Gasteiger partial charge < -0.3 is 15.4 Å². The van der Waals surface area contributed by atoms with Crippen LogP contribution in [-0.2, 0) is 6.54 Å². The van der Waals surface area contributed by atoms with Crippen LogP contribution < -0.4 is 15.4 Å². The fourth-order valence-corrected chi connectivity index (χ4v) is 2.96. The molecule has 114 valence electrons. The molecule has 0 aliphatic rings. The minimum Gasteiger partial charge on any atom is -0.485 e. The lowest BCUT2D eigenvalue weighted by Crippen LogP contribution is -2.16. The Morgan fingerprint density at radius 1 is 1.24 bits per heavy atom. The van der Waals surface area contributed by atoms with Crippen molar-refractivity contribution < 1.29 is 4.74 Å². The molecule has 2 rings (SSSR count). The van der Waals surface area contributed by atoms with Crippen LogP contribution in [0.25, 0.3) is 0 Å². The Hall–Kier alpha value is -1.36. The van der Waals surface area contributed by atoms with Crippen molar-refractivity contribution in [2.45, 2.75) is 26.0 Å². The molecule has 1 aromatic heterocycles. The van der Waals surface area contributed by atoms with Crippen molar-refractivity contribution >= 4 is 11.3 Å². The van der Waals surface area contributed by atoms with Gasteiger partial charge >= 0.3 is 0 Å². The third kappa shape index (κ3) is 5.16. The van der Waals surface area contributed by atoms with Crippen molar-refractivity contribution in [3.8, 4) is 5.75 Å². The van der Waals surface area contributed by atoms with E-state index in [9.17, 15) is 0 Å². The lowest BCUT2D eigenvalue weighted by Gasteiger charge is -2.18. The summed E-state index contributed by atoms with van der Waals surface area (Å²) >= 11 is 1.75. The van der Waals surface area contributed by atoms with E-state index < -0.39 is 0 Å². The van der Waals surface area contributed by atoms with Crippen molar-refractivity contribution in [2.24, 2.45) is 0 Å². The van der Waals surface area contributed by atoms with Crippen LogP contribution in [0.5, 0.6) is 5.75 Å². The smallest absolute Gasteiger partial charge is 0.134 e. The Morgan fingerprint density at radius 2 is 2.14 bits per heavy atom. The number of benzene rings is 1. The van der Waals surface area contributed by atoms with Crippen molar-refractivity contribution in [2.75, 3.05) is 20.1 Å². The van der Waals surface area contributed by atoms with Crippen LogP contribution >= 0.6 is 11.3 Å². The van der Waals surface area contributed by atoms with Crippen LogP contribution in [0.15, 0.2) is 41.8 Å². The minimum atomic E-state index is 0.117. The maximum absolute atomic E-state index is 6.22. The van der Waals surface area contributed by atoms with Gasteiger partial charge in [0, 0.05) is 17.8 Å².